The van der Waals surface area contributed by atoms with Crippen LogP contribution in [0.3, 0.4) is 0 Å². The van der Waals surface area contributed by atoms with Gasteiger partial charge < -0.3 is 4.42 Å². The number of aromatic amines is 1. The van der Waals surface area contributed by atoms with Crippen LogP contribution < -0.4 is 0 Å². The standard InChI is InChI=1S/C13H12BrN5OS/c1-7(12-18-16-8(2)20-12)21-13-15-11(17-19-13)9-5-3-4-6-10(9)14/h3-7H,1-2H3,(H,15,17,19)/t7-/m1/s1. The van der Waals surface area contributed by atoms with Gasteiger partial charge in [0.25, 0.3) is 0 Å². The average molecular weight is 366 g/mol. The van der Waals surface area contributed by atoms with Crippen molar-refractivity contribution in [1.29, 1.82) is 0 Å². The van der Waals surface area contributed by atoms with Gasteiger partial charge in [0, 0.05) is 17.0 Å². The van der Waals surface area contributed by atoms with Gasteiger partial charge in [-0.2, -0.15) is 0 Å². The summed E-state index contributed by atoms with van der Waals surface area (Å²) in [5.41, 5.74) is 0.970. The second-order valence-electron chi connectivity index (χ2n) is 4.37. The molecule has 0 saturated carbocycles. The number of halogens is 1. The highest BCUT2D eigenvalue weighted by atomic mass is 79.9. The summed E-state index contributed by atoms with van der Waals surface area (Å²) < 4.78 is 6.38. The predicted molar refractivity (Wildman–Crippen MR) is 82.8 cm³/mol. The number of thioether (sulfide) groups is 1. The van der Waals surface area contributed by atoms with Crippen LogP contribution >= 0.6 is 27.7 Å². The van der Waals surface area contributed by atoms with Gasteiger partial charge in [-0.05, 0) is 13.0 Å². The number of benzene rings is 1. The fourth-order valence-electron chi connectivity index (χ4n) is 1.76. The second kappa shape index (κ2) is 5.98. The van der Waals surface area contributed by atoms with Crippen LogP contribution in [0.25, 0.3) is 11.4 Å². The molecule has 0 aliphatic heterocycles. The monoisotopic (exact) mass is 365 g/mol. The number of hydrogen-bond donors (Lipinski definition) is 1. The fourth-order valence-corrected chi connectivity index (χ4v) is 2.98. The molecule has 0 aliphatic rings. The van der Waals surface area contributed by atoms with Gasteiger partial charge in [-0.25, -0.2) is 4.98 Å². The fraction of sp³-hybridized carbons (Fsp3) is 0.231. The summed E-state index contributed by atoms with van der Waals surface area (Å²) in [7, 11) is 0. The van der Waals surface area contributed by atoms with E-state index in [1.807, 2.05) is 31.2 Å². The number of nitrogens with zero attached hydrogens (tertiary/aromatic N) is 4. The predicted octanol–water partition coefficient (Wildman–Crippen LogP) is 3.78. The van der Waals surface area contributed by atoms with E-state index in [4.69, 9.17) is 4.42 Å². The lowest BCUT2D eigenvalue weighted by Gasteiger charge is -2.01. The van der Waals surface area contributed by atoms with Crippen LogP contribution in [0.4, 0.5) is 0 Å². The summed E-state index contributed by atoms with van der Waals surface area (Å²) in [4.78, 5) is 4.49. The van der Waals surface area contributed by atoms with Gasteiger partial charge in [0.1, 0.15) is 0 Å². The Kier molecular flexibility index (Phi) is 4.07. The zero-order chi connectivity index (χ0) is 14.8. The van der Waals surface area contributed by atoms with E-state index in [1.165, 1.54) is 11.8 Å². The molecule has 3 aromatic rings. The first-order valence-electron chi connectivity index (χ1n) is 6.27. The van der Waals surface area contributed by atoms with Gasteiger partial charge in [-0.15, -0.1) is 15.3 Å². The van der Waals surface area contributed by atoms with Crippen molar-refractivity contribution < 1.29 is 4.42 Å². The summed E-state index contributed by atoms with van der Waals surface area (Å²) in [5.74, 6) is 1.85. The lowest BCUT2D eigenvalue weighted by molar-refractivity contribution is 0.470. The summed E-state index contributed by atoms with van der Waals surface area (Å²) in [6.07, 6.45) is 0. The van der Waals surface area contributed by atoms with Crippen molar-refractivity contribution in [3.63, 3.8) is 0 Å². The minimum absolute atomic E-state index is 0.00550. The molecule has 0 amide bonds. The normalized spacial score (nSPS) is 12.5. The summed E-state index contributed by atoms with van der Waals surface area (Å²) >= 11 is 4.97. The third-order valence-electron chi connectivity index (χ3n) is 2.77. The highest BCUT2D eigenvalue weighted by Gasteiger charge is 2.17. The van der Waals surface area contributed by atoms with Gasteiger partial charge in [0.2, 0.25) is 16.9 Å². The molecule has 6 nitrogen and oxygen atoms in total. The Hall–Kier alpha value is -1.67. The van der Waals surface area contributed by atoms with Crippen LogP contribution in [-0.2, 0) is 0 Å². The van der Waals surface area contributed by atoms with Crippen LogP contribution in [-0.4, -0.2) is 25.4 Å². The number of rotatable bonds is 4. The van der Waals surface area contributed by atoms with Gasteiger partial charge in [-0.1, -0.05) is 45.9 Å². The van der Waals surface area contributed by atoms with Crippen molar-refractivity contribution in [2.24, 2.45) is 0 Å². The Morgan fingerprint density at radius 1 is 1.29 bits per heavy atom. The van der Waals surface area contributed by atoms with Gasteiger partial charge in [-0.3, -0.25) is 5.10 Å². The number of aromatic nitrogens is 5. The van der Waals surface area contributed by atoms with E-state index in [9.17, 15) is 0 Å². The molecule has 108 valence electrons. The maximum absolute atomic E-state index is 5.41. The molecule has 0 fully saturated rings. The molecule has 8 heteroatoms. The van der Waals surface area contributed by atoms with Crippen LogP contribution in [0.1, 0.15) is 24.0 Å². The van der Waals surface area contributed by atoms with E-state index in [0.717, 1.165) is 15.9 Å². The molecule has 0 saturated heterocycles. The molecule has 21 heavy (non-hydrogen) atoms. The van der Waals surface area contributed by atoms with Crippen LogP contribution in [0.15, 0.2) is 38.3 Å². The largest absolute Gasteiger partial charge is 0.424 e. The minimum Gasteiger partial charge on any atom is -0.424 e. The molecule has 0 unspecified atom stereocenters. The maximum Gasteiger partial charge on any atom is 0.229 e. The van der Waals surface area contributed by atoms with E-state index < -0.39 is 0 Å². The molecule has 0 bridgehead atoms. The molecule has 3 rings (SSSR count). The molecule has 1 N–H and O–H groups in total. The Bertz CT molecular complexity index is 756. The molecular formula is C13H12BrN5OS. The van der Waals surface area contributed by atoms with E-state index in [0.29, 0.717) is 16.9 Å². The number of aryl methyl sites for hydroxylation is 1. The SMILES string of the molecule is Cc1nnc([C@@H](C)Sc2n[nH]c(-c3ccccc3Br)n2)o1. The first-order chi connectivity index (χ1) is 10.1. The summed E-state index contributed by atoms with van der Waals surface area (Å²) in [6.45, 7) is 3.75. The van der Waals surface area contributed by atoms with Crippen molar-refractivity contribution in [1.82, 2.24) is 25.4 Å². The zero-order valence-electron chi connectivity index (χ0n) is 11.4. The van der Waals surface area contributed by atoms with Crippen molar-refractivity contribution in [3.05, 3.63) is 40.5 Å². The Balaban J connectivity index is 1.78. The molecule has 1 aromatic carbocycles. The van der Waals surface area contributed by atoms with Crippen molar-refractivity contribution in [2.75, 3.05) is 0 Å². The second-order valence-corrected chi connectivity index (χ2v) is 6.53. The Labute approximate surface area is 133 Å². The lowest BCUT2D eigenvalue weighted by atomic mass is 10.2. The summed E-state index contributed by atoms with van der Waals surface area (Å²) in [5, 5.41) is 15.6. The maximum atomic E-state index is 5.41. The average Bonchev–Trinajstić information content (AvgIpc) is 3.08. The smallest absolute Gasteiger partial charge is 0.229 e. The first-order valence-corrected chi connectivity index (χ1v) is 7.94. The van der Waals surface area contributed by atoms with Crippen molar-refractivity contribution in [3.8, 4) is 11.4 Å². The molecule has 0 spiro atoms. The van der Waals surface area contributed by atoms with Gasteiger partial charge in [0.15, 0.2) is 5.82 Å². The van der Waals surface area contributed by atoms with Gasteiger partial charge in [0.05, 0.1) is 5.25 Å². The third-order valence-corrected chi connectivity index (χ3v) is 4.41. The summed E-state index contributed by atoms with van der Waals surface area (Å²) in [6, 6.07) is 7.86. The highest BCUT2D eigenvalue weighted by molar-refractivity contribution is 9.10. The Morgan fingerprint density at radius 2 is 2.10 bits per heavy atom. The molecule has 2 heterocycles. The van der Waals surface area contributed by atoms with E-state index in [1.54, 1.807) is 6.92 Å². The number of H-pyrrole nitrogens is 1. The van der Waals surface area contributed by atoms with Crippen molar-refractivity contribution >= 4 is 27.7 Å². The highest BCUT2D eigenvalue weighted by Crippen LogP contribution is 2.33. The topological polar surface area (TPSA) is 80.5 Å². The lowest BCUT2D eigenvalue weighted by Crippen LogP contribution is -1.89. The third kappa shape index (κ3) is 3.16. The van der Waals surface area contributed by atoms with Crippen LogP contribution in [0, 0.1) is 6.92 Å². The van der Waals surface area contributed by atoms with Gasteiger partial charge >= 0.3 is 0 Å². The van der Waals surface area contributed by atoms with E-state index in [-0.39, 0.29) is 5.25 Å². The van der Waals surface area contributed by atoms with Crippen LogP contribution in [0.2, 0.25) is 0 Å². The first kappa shape index (κ1) is 14.3. The molecule has 2 aromatic heterocycles. The number of hydrogen-bond acceptors (Lipinski definition) is 6. The van der Waals surface area contributed by atoms with E-state index >= 15 is 0 Å². The number of nitrogens with one attached hydrogen (secondary N) is 1. The van der Waals surface area contributed by atoms with E-state index in [2.05, 4.69) is 41.3 Å². The van der Waals surface area contributed by atoms with Crippen molar-refractivity contribution in [2.45, 2.75) is 24.3 Å². The zero-order valence-corrected chi connectivity index (χ0v) is 13.8. The molecule has 0 aliphatic carbocycles. The molecule has 0 radical (unpaired) electrons. The molecular weight excluding hydrogens is 354 g/mol. The quantitative estimate of drug-likeness (QED) is 0.708. The minimum atomic E-state index is -0.00550. The van der Waals surface area contributed by atoms with Crippen LogP contribution in [0.5, 0.6) is 0 Å². The Morgan fingerprint density at radius 3 is 2.81 bits per heavy atom. The molecule has 1 atom stereocenters.